The third kappa shape index (κ3) is 1.86. The predicted molar refractivity (Wildman–Crippen MR) is 49.8 cm³/mol. The molecule has 2 N–H and O–H groups in total. The minimum atomic E-state index is -0.297. The van der Waals surface area contributed by atoms with Gasteiger partial charge in [-0.1, -0.05) is 6.58 Å². The zero-order valence-corrected chi connectivity index (χ0v) is 7.71. The van der Waals surface area contributed by atoms with Crippen molar-refractivity contribution < 1.29 is 4.42 Å². The lowest BCUT2D eigenvalue weighted by Crippen LogP contribution is -2.11. The molecule has 0 amide bonds. The van der Waals surface area contributed by atoms with Crippen LogP contribution in [0.1, 0.15) is 24.7 Å². The quantitative estimate of drug-likeness (QED) is 0.690. The number of hydrogen-bond donors (Lipinski definition) is 2. The summed E-state index contributed by atoms with van der Waals surface area (Å²) in [6, 6.07) is -0.297. The van der Waals surface area contributed by atoms with Gasteiger partial charge in [-0.2, -0.15) is 12.6 Å². The van der Waals surface area contributed by atoms with Crippen LogP contribution in [-0.4, -0.2) is 16.0 Å². The van der Waals surface area contributed by atoms with E-state index in [0.29, 0.717) is 17.5 Å². The van der Waals surface area contributed by atoms with E-state index >= 15 is 0 Å². The molecule has 4 nitrogen and oxygen atoms in total. The second-order valence-electron chi connectivity index (χ2n) is 2.51. The first-order chi connectivity index (χ1) is 5.65. The van der Waals surface area contributed by atoms with Gasteiger partial charge in [-0.05, 0) is 6.92 Å². The molecule has 0 radical (unpaired) electrons. The molecule has 12 heavy (non-hydrogen) atoms. The van der Waals surface area contributed by atoms with Crippen molar-refractivity contribution in [3.63, 3.8) is 0 Å². The van der Waals surface area contributed by atoms with Crippen molar-refractivity contribution in [1.29, 1.82) is 0 Å². The molecule has 5 heteroatoms. The van der Waals surface area contributed by atoms with Gasteiger partial charge >= 0.3 is 0 Å². The summed E-state index contributed by atoms with van der Waals surface area (Å²) in [4.78, 5) is 0. The normalized spacial score (nSPS) is 12.9. The van der Waals surface area contributed by atoms with Gasteiger partial charge in [-0.25, -0.2) is 0 Å². The third-order valence-electron chi connectivity index (χ3n) is 1.32. The maximum Gasteiger partial charge on any atom is 0.242 e. The maximum absolute atomic E-state index is 5.61. The molecule has 0 unspecified atom stereocenters. The van der Waals surface area contributed by atoms with E-state index < -0.39 is 0 Å². The van der Waals surface area contributed by atoms with Crippen molar-refractivity contribution in [1.82, 2.24) is 10.2 Å². The summed E-state index contributed by atoms with van der Waals surface area (Å²) in [6.45, 7) is 5.46. The molecule has 0 aliphatic carbocycles. The van der Waals surface area contributed by atoms with Crippen molar-refractivity contribution in [3.8, 4) is 0 Å². The van der Waals surface area contributed by atoms with Gasteiger partial charge < -0.3 is 10.2 Å². The lowest BCUT2D eigenvalue weighted by Gasteiger charge is -1.99. The van der Waals surface area contributed by atoms with Crippen LogP contribution in [0.4, 0.5) is 0 Å². The van der Waals surface area contributed by atoms with E-state index in [4.69, 9.17) is 10.2 Å². The fourth-order valence-electron chi connectivity index (χ4n) is 0.635. The number of aromatic nitrogens is 2. The monoisotopic (exact) mass is 185 g/mol. The molecule has 0 spiro atoms. The zero-order chi connectivity index (χ0) is 9.14. The third-order valence-corrected chi connectivity index (χ3v) is 1.71. The number of thiol groups is 1. The molecular weight excluding hydrogens is 174 g/mol. The molecule has 0 bridgehead atoms. The average molecular weight is 185 g/mol. The molecule has 1 aromatic rings. The number of allylic oxidation sites excluding steroid dienone is 1. The summed E-state index contributed by atoms with van der Waals surface area (Å²) in [7, 11) is 0. The van der Waals surface area contributed by atoms with Gasteiger partial charge in [0.15, 0.2) is 0 Å². The molecule has 1 heterocycles. The lowest BCUT2D eigenvalue weighted by atomic mass is 10.3. The Labute approximate surface area is 76.3 Å². The highest BCUT2D eigenvalue weighted by molar-refractivity contribution is 7.80. The minimum absolute atomic E-state index is 0.297. The smallest absolute Gasteiger partial charge is 0.242 e. The Morgan fingerprint density at radius 3 is 2.83 bits per heavy atom. The molecule has 0 fully saturated rings. The van der Waals surface area contributed by atoms with Gasteiger partial charge in [0.2, 0.25) is 11.8 Å². The van der Waals surface area contributed by atoms with Crippen molar-refractivity contribution in [3.05, 3.63) is 18.4 Å². The summed E-state index contributed by atoms with van der Waals surface area (Å²) in [5.41, 5.74) is 6.34. The molecule has 1 rings (SSSR count). The Bertz CT molecular complexity index is 284. The molecule has 0 aliphatic heterocycles. The Kier molecular flexibility index (Phi) is 2.88. The van der Waals surface area contributed by atoms with Crippen molar-refractivity contribution >= 4 is 18.2 Å². The van der Waals surface area contributed by atoms with Gasteiger partial charge in [-0.3, -0.25) is 0 Å². The highest BCUT2D eigenvalue weighted by Gasteiger charge is 2.12. The summed E-state index contributed by atoms with van der Waals surface area (Å²) in [6.07, 6.45) is 0. The summed E-state index contributed by atoms with van der Waals surface area (Å²) < 4.78 is 5.20. The Morgan fingerprint density at radius 2 is 2.42 bits per heavy atom. The number of hydrogen-bond acceptors (Lipinski definition) is 5. The summed E-state index contributed by atoms with van der Waals surface area (Å²) in [5, 5.41) is 7.51. The van der Waals surface area contributed by atoms with Gasteiger partial charge in [0.1, 0.15) is 0 Å². The minimum Gasteiger partial charge on any atom is -0.419 e. The lowest BCUT2D eigenvalue weighted by molar-refractivity contribution is 0.456. The maximum atomic E-state index is 5.61. The molecule has 0 saturated heterocycles. The molecule has 66 valence electrons. The van der Waals surface area contributed by atoms with Crippen molar-refractivity contribution in [2.45, 2.75) is 13.0 Å². The number of nitrogens with two attached hydrogens (primary N) is 1. The van der Waals surface area contributed by atoms with E-state index in [2.05, 4.69) is 29.4 Å². The predicted octanol–water partition coefficient (Wildman–Crippen LogP) is 1.03. The second kappa shape index (κ2) is 3.73. The van der Waals surface area contributed by atoms with E-state index in [-0.39, 0.29) is 6.04 Å². The molecular formula is C7H11N3OS. The molecule has 0 aliphatic rings. The van der Waals surface area contributed by atoms with Gasteiger partial charge in [0.05, 0.1) is 6.04 Å². The van der Waals surface area contributed by atoms with Gasteiger partial charge in [-0.15, -0.1) is 10.2 Å². The Hall–Kier alpha value is -0.810. The van der Waals surface area contributed by atoms with Crippen LogP contribution in [0.5, 0.6) is 0 Å². The van der Waals surface area contributed by atoms with Crippen LogP contribution in [0.2, 0.25) is 0 Å². The Morgan fingerprint density at radius 1 is 1.75 bits per heavy atom. The van der Waals surface area contributed by atoms with Crippen LogP contribution in [0.25, 0.3) is 5.57 Å². The van der Waals surface area contributed by atoms with E-state index in [1.165, 1.54) is 0 Å². The second-order valence-corrected chi connectivity index (χ2v) is 2.88. The first kappa shape index (κ1) is 9.28. The highest BCUT2D eigenvalue weighted by atomic mass is 32.1. The molecule has 1 atom stereocenters. The van der Waals surface area contributed by atoms with E-state index in [1.807, 2.05) is 0 Å². The standard InChI is InChI=1S/C7H11N3OS/c1-4(2)6-9-10-7(11-6)5(8)3-12/h5,12H,1,3,8H2,2H3/t5-/m0/s1. The van der Waals surface area contributed by atoms with Crippen LogP contribution in [0.15, 0.2) is 11.0 Å². The summed E-state index contributed by atoms with van der Waals surface area (Å²) in [5.74, 6) is 1.32. The van der Waals surface area contributed by atoms with Crippen LogP contribution >= 0.6 is 12.6 Å². The number of rotatable bonds is 3. The fraction of sp³-hybridized carbons (Fsp3) is 0.429. The fourth-order valence-corrected chi connectivity index (χ4v) is 0.791. The van der Waals surface area contributed by atoms with Gasteiger partial charge in [0.25, 0.3) is 0 Å². The zero-order valence-electron chi connectivity index (χ0n) is 6.82. The van der Waals surface area contributed by atoms with Crippen molar-refractivity contribution in [2.24, 2.45) is 5.73 Å². The van der Waals surface area contributed by atoms with E-state index in [9.17, 15) is 0 Å². The van der Waals surface area contributed by atoms with Crippen LogP contribution < -0.4 is 5.73 Å². The van der Waals surface area contributed by atoms with Crippen LogP contribution in [0, 0.1) is 0 Å². The largest absolute Gasteiger partial charge is 0.419 e. The average Bonchev–Trinajstić information content (AvgIpc) is 2.51. The van der Waals surface area contributed by atoms with E-state index in [1.54, 1.807) is 6.92 Å². The SMILES string of the molecule is C=C(C)c1nnc([C@@H](N)CS)o1. The highest BCUT2D eigenvalue weighted by Crippen LogP contribution is 2.14. The first-order valence-corrected chi connectivity index (χ1v) is 4.14. The van der Waals surface area contributed by atoms with E-state index in [0.717, 1.165) is 5.57 Å². The molecule has 1 aromatic heterocycles. The topological polar surface area (TPSA) is 64.9 Å². The molecule has 0 saturated carbocycles. The Balaban J connectivity index is 2.84. The first-order valence-electron chi connectivity index (χ1n) is 3.51. The van der Waals surface area contributed by atoms with Crippen LogP contribution in [-0.2, 0) is 0 Å². The molecule has 0 aromatic carbocycles. The summed E-state index contributed by atoms with van der Waals surface area (Å²) >= 11 is 4.01. The number of nitrogens with zero attached hydrogens (tertiary/aromatic N) is 2. The van der Waals surface area contributed by atoms with Gasteiger partial charge in [0, 0.05) is 11.3 Å². The van der Waals surface area contributed by atoms with Crippen molar-refractivity contribution in [2.75, 3.05) is 5.75 Å². The van der Waals surface area contributed by atoms with Crippen LogP contribution in [0.3, 0.4) is 0 Å².